The van der Waals surface area contributed by atoms with Crippen LogP contribution < -0.4 is 9.64 Å². The first kappa shape index (κ1) is 15.9. The fourth-order valence-corrected chi connectivity index (χ4v) is 3.52. The average molecular weight is 358 g/mol. The molecule has 130 valence electrons. The Morgan fingerprint density at radius 2 is 2.12 bits per heavy atom. The number of furan rings is 1. The molecule has 0 saturated carbocycles. The number of hydrogen-bond donors (Lipinski definition) is 0. The molecule has 25 heavy (non-hydrogen) atoms. The number of rotatable bonds is 6. The minimum absolute atomic E-state index is 0.523. The molecule has 1 saturated heterocycles. The second kappa shape index (κ2) is 7.14. The maximum Gasteiger partial charge on any atom is 0.228 e. The summed E-state index contributed by atoms with van der Waals surface area (Å²) in [6.45, 7) is 2.56. The highest BCUT2D eigenvalue weighted by atomic mass is 32.2. The monoisotopic (exact) mass is 358 g/mol. The van der Waals surface area contributed by atoms with Gasteiger partial charge in [-0.2, -0.15) is 4.98 Å². The van der Waals surface area contributed by atoms with E-state index in [1.165, 1.54) is 24.6 Å². The zero-order valence-electron chi connectivity index (χ0n) is 13.8. The van der Waals surface area contributed by atoms with Crippen molar-refractivity contribution in [3.05, 3.63) is 36.4 Å². The maximum atomic E-state index is 5.51. The van der Waals surface area contributed by atoms with E-state index in [4.69, 9.17) is 9.15 Å². The van der Waals surface area contributed by atoms with E-state index < -0.39 is 0 Å². The van der Waals surface area contributed by atoms with Crippen molar-refractivity contribution in [3.8, 4) is 5.88 Å². The normalized spacial score (nSPS) is 14.2. The maximum absolute atomic E-state index is 5.51. The van der Waals surface area contributed by atoms with Gasteiger partial charge in [0.25, 0.3) is 0 Å². The van der Waals surface area contributed by atoms with Crippen LogP contribution >= 0.6 is 11.8 Å². The molecule has 1 aliphatic rings. The third-order valence-electron chi connectivity index (χ3n) is 3.98. The van der Waals surface area contributed by atoms with Crippen molar-refractivity contribution >= 4 is 17.7 Å². The van der Waals surface area contributed by atoms with E-state index in [2.05, 4.69) is 29.6 Å². The first-order chi connectivity index (χ1) is 12.3. The van der Waals surface area contributed by atoms with Gasteiger partial charge >= 0.3 is 0 Å². The highest BCUT2D eigenvalue weighted by molar-refractivity contribution is 7.99. The second-order valence-electron chi connectivity index (χ2n) is 5.63. The van der Waals surface area contributed by atoms with Gasteiger partial charge in [-0.05, 0) is 36.7 Å². The van der Waals surface area contributed by atoms with Gasteiger partial charge < -0.3 is 14.1 Å². The first-order valence-corrected chi connectivity index (χ1v) is 8.90. The van der Waals surface area contributed by atoms with E-state index in [9.17, 15) is 0 Å². The topological polar surface area (TPSA) is 82.1 Å². The Bertz CT molecular complexity index is 829. The molecule has 0 N–H and O–H groups in total. The molecule has 4 heterocycles. The van der Waals surface area contributed by atoms with Gasteiger partial charge in [-0.3, -0.25) is 4.57 Å². The van der Waals surface area contributed by atoms with Crippen molar-refractivity contribution in [1.29, 1.82) is 0 Å². The number of methoxy groups -OCH3 is 1. The van der Waals surface area contributed by atoms with Crippen LogP contribution in [-0.2, 0) is 6.54 Å². The number of ether oxygens (including phenoxy) is 1. The minimum Gasteiger partial charge on any atom is -0.481 e. The van der Waals surface area contributed by atoms with Gasteiger partial charge in [0.05, 0.1) is 19.9 Å². The van der Waals surface area contributed by atoms with Gasteiger partial charge in [-0.1, -0.05) is 0 Å². The van der Waals surface area contributed by atoms with Gasteiger partial charge in [-0.25, -0.2) is 4.98 Å². The Labute approximate surface area is 149 Å². The van der Waals surface area contributed by atoms with Crippen LogP contribution in [0.4, 0.5) is 5.95 Å². The molecular formula is C16H18N6O2S. The van der Waals surface area contributed by atoms with Crippen LogP contribution in [-0.4, -0.2) is 44.9 Å². The molecule has 0 aliphatic carbocycles. The Morgan fingerprint density at radius 1 is 1.24 bits per heavy atom. The molecule has 0 spiro atoms. The quantitative estimate of drug-likeness (QED) is 0.622. The molecule has 4 rings (SSSR count). The summed E-state index contributed by atoms with van der Waals surface area (Å²) in [7, 11) is 1.58. The van der Waals surface area contributed by atoms with Crippen LogP contribution in [0.5, 0.6) is 5.88 Å². The number of anilines is 1. The summed E-state index contributed by atoms with van der Waals surface area (Å²) in [5, 5.41) is 10.1. The second-order valence-corrected chi connectivity index (χ2v) is 6.56. The summed E-state index contributed by atoms with van der Waals surface area (Å²) in [6, 6.07) is 5.55. The molecule has 3 aromatic heterocycles. The van der Waals surface area contributed by atoms with E-state index in [-0.39, 0.29) is 0 Å². The summed E-state index contributed by atoms with van der Waals surface area (Å²) in [6.07, 6.45) is 5.69. The van der Waals surface area contributed by atoms with Crippen molar-refractivity contribution in [2.24, 2.45) is 0 Å². The van der Waals surface area contributed by atoms with Crippen molar-refractivity contribution < 1.29 is 9.15 Å². The van der Waals surface area contributed by atoms with Crippen molar-refractivity contribution in [3.63, 3.8) is 0 Å². The predicted molar refractivity (Wildman–Crippen MR) is 92.0 cm³/mol. The largest absolute Gasteiger partial charge is 0.481 e. The summed E-state index contributed by atoms with van der Waals surface area (Å²) >= 11 is 1.36. The number of nitrogens with zero attached hydrogens (tertiary/aromatic N) is 6. The molecule has 0 amide bonds. The van der Waals surface area contributed by atoms with Crippen LogP contribution in [0.15, 0.2) is 45.4 Å². The van der Waals surface area contributed by atoms with Gasteiger partial charge in [0.15, 0.2) is 5.16 Å². The highest BCUT2D eigenvalue weighted by Crippen LogP contribution is 2.29. The summed E-state index contributed by atoms with van der Waals surface area (Å²) in [5.74, 6) is 2.24. The third kappa shape index (κ3) is 3.46. The van der Waals surface area contributed by atoms with Gasteiger partial charge in [0, 0.05) is 25.4 Å². The molecule has 0 radical (unpaired) electrons. The van der Waals surface area contributed by atoms with Gasteiger partial charge in [-0.15, -0.1) is 10.2 Å². The Morgan fingerprint density at radius 3 is 2.88 bits per heavy atom. The molecule has 3 aromatic rings. The average Bonchev–Trinajstić information content (AvgIpc) is 3.38. The van der Waals surface area contributed by atoms with Gasteiger partial charge in [0.2, 0.25) is 17.0 Å². The van der Waals surface area contributed by atoms with Crippen molar-refractivity contribution in [2.75, 3.05) is 25.1 Å². The lowest BCUT2D eigenvalue weighted by atomic mass is 10.4. The lowest BCUT2D eigenvalue weighted by Crippen LogP contribution is -2.22. The van der Waals surface area contributed by atoms with E-state index in [0.717, 1.165) is 30.0 Å². The fraction of sp³-hybridized carbons (Fsp3) is 0.375. The zero-order chi connectivity index (χ0) is 17.1. The molecule has 1 aliphatic heterocycles. The molecular weight excluding hydrogens is 340 g/mol. The Balaban J connectivity index is 1.65. The van der Waals surface area contributed by atoms with Crippen molar-refractivity contribution in [2.45, 2.75) is 29.7 Å². The standard InChI is InChI=1S/C16H18N6O2S/c1-23-13-6-7-17-14(18-13)25-16-20-19-15(21-8-2-3-9-21)22(16)11-12-5-4-10-24-12/h4-7,10H,2-3,8-9,11H2,1H3. The SMILES string of the molecule is COc1ccnc(Sc2nnc(N3CCCC3)n2Cc2ccco2)n1. The lowest BCUT2D eigenvalue weighted by molar-refractivity contribution is 0.392. The predicted octanol–water partition coefficient (Wildman–Crippen LogP) is 2.47. The minimum atomic E-state index is 0.523. The molecule has 0 bridgehead atoms. The fourth-order valence-electron chi connectivity index (χ4n) is 2.77. The lowest BCUT2D eigenvalue weighted by Gasteiger charge is -2.17. The zero-order valence-corrected chi connectivity index (χ0v) is 14.6. The summed E-state index contributed by atoms with van der Waals surface area (Å²) in [5.41, 5.74) is 0. The number of hydrogen-bond acceptors (Lipinski definition) is 8. The van der Waals surface area contributed by atoms with Crippen LogP contribution in [0, 0.1) is 0 Å². The summed E-state index contributed by atoms with van der Waals surface area (Å²) in [4.78, 5) is 10.9. The highest BCUT2D eigenvalue weighted by Gasteiger charge is 2.23. The van der Waals surface area contributed by atoms with Crippen LogP contribution in [0.3, 0.4) is 0 Å². The summed E-state index contributed by atoms with van der Waals surface area (Å²) < 4.78 is 12.7. The van der Waals surface area contributed by atoms with E-state index in [1.54, 1.807) is 25.6 Å². The molecule has 1 fully saturated rings. The Hall–Kier alpha value is -2.55. The molecule has 9 heteroatoms. The van der Waals surface area contributed by atoms with E-state index >= 15 is 0 Å². The third-order valence-corrected chi connectivity index (χ3v) is 4.84. The van der Waals surface area contributed by atoms with Crippen molar-refractivity contribution in [1.82, 2.24) is 24.7 Å². The van der Waals surface area contributed by atoms with Crippen LogP contribution in [0.25, 0.3) is 0 Å². The Kier molecular flexibility index (Phi) is 4.55. The number of aromatic nitrogens is 5. The molecule has 0 atom stereocenters. The molecule has 8 nitrogen and oxygen atoms in total. The van der Waals surface area contributed by atoms with Crippen LogP contribution in [0.2, 0.25) is 0 Å². The molecule has 0 unspecified atom stereocenters. The van der Waals surface area contributed by atoms with Crippen LogP contribution in [0.1, 0.15) is 18.6 Å². The van der Waals surface area contributed by atoms with E-state index in [0.29, 0.717) is 17.6 Å². The first-order valence-electron chi connectivity index (χ1n) is 8.09. The smallest absolute Gasteiger partial charge is 0.228 e. The van der Waals surface area contributed by atoms with Gasteiger partial charge in [0.1, 0.15) is 5.76 Å². The molecule has 0 aromatic carbocycles. The van der Waals surface area contributed by atoms with E-state index in [1.807, 2.05) is 12.1 Å².